The first-order chi connectivity index (χ1) is 14.2. The minimum atomic E-state index is -0.292. The second-order valence-corrected chi connectivity index (χ2v) is 7.95. The van der Waals surface area contributed by atoms with Crippen LogP contribution in [0.5, 0.6) is 0 Å². The molecule has 0 aliphatic heterocycles. The average Bonchev–Trinajstić information content (AvgIpc) is 3.59. The second kappa shape index (κ2) is 7.45. The van der Waals surface area contributed by atoms with Crippen molar-refractivity contribution in [2.24, 2.45) is 0 Å². The third kappa shape index (κ3) is 3.56. The average molecular weight is 402 g/mol. The van der Waals surface area contributed by atoms with Gasteiger partial charge >= 0.3 is 5.69 Å². The maximum atomic E-state index is 13.1. The number of hydrogen-bond acceptors (Lipinski definition) is 3. The lowest BCUT2D eigenvalue weighted by molar-refractivity contribution is 0.864. The molecule has 2 heterocycles. The molecule has 2 aromatic carbocycles. The Balaban J connectivity index is 1.67. The Labute approximate surface area is 173 Å². The number of rotatable bonds is 5. The van der Waals surface area contributed by atoms with E-state index in [1.165, 1.54) is 18.4 Å². The summed E-state index contributed by atoms with van der Waals surface area (Å²) in [4.78, 5) is 21.7. The zero-order valence-electron chi connectivity index (χ0n) is 15.9. The van der Waals surface area contributed by atoms with Gasteiger partial charge in [-0.05, 0) is 67.0 Å². The van der Waals surface area contributed by atoms with Gasteiger partial charge in [-0.15, -0.1) is 0 Å². The fraction of sp³-hybridized carbons (Fsp3) is 0.208. The largest absolute Gasteiger partial charge is 0.352 e. The molecule has 144 valence electrons. The first-order valence-electron chi connectivity index (χ1n) is 9.90. The Morgan fingerprint density at radius 3 is 2.66 bits per heavy atom. The molecule has 4 nitrogen and oxygen atoms in total. The van der Waals surface area contributed by atoms with E-state index in [1.807, 2.05) is 36.5 Å². The Morgan fingerprint density at radius 1 is 1.03 bits per heavy atom. The van der Waals surface area contributed by atoms with Gasteiger partial charge in [-0.25, -0.2) is 4.79 Å². The normalized spacial score (nSPS) is 13.7. The third-order valence-electron chi connectivity index (χ3n) is 5.51. The van der Waals surface area contributed by atoms with Gasteiger partial charge in [0.2, 0.25) is 0 Å². The van der Waals surface area contributed by atoms with Crippen molar-refractivity contribution >= 4 is 22.5 Å². The minimum absolute atomic E-state index is 0.292. The maximum absolute atomic E-state index is 13.1. The van der Waals surface area contributed by atoms with Crippen LogP contribution in [0.15, 0.2) is 71.8 Å². The molecule has 0 radical (unpaired) electrons. The van der Waals surface area contributed by atoms with E-state index in [9.17, 15) is 4.79 Å². The van der Waals surface area contributed by atoms with E-state index < -0.39 is 0 Å². The van der Waals surface area contributed by atoms with Gasteiger partial charge in [0.05, 0.1) is 21.9 Å². The molecule has 1 aliphatic rings. The Bertz CT molecular complexity index is 1250. The first-order valence-corrected chi connectivity index (χ1v) is 10.3. The van der Waals surface area contributed by atoms with Crippen LogP contribution in [0, 0.1) is 0 Å². The summed E-state index contributed by atoms with van der Waals surface area (Å²) in [5.41, 5.74) is 4.49. The van der Waals surface area contributed by atoms with Crippen LogP contribution in [-0.2, 0) is 12.8 Å². The molecule has 5 heteroatoms. The minimum Gasteiger partial charge on any atom is -0.264 e. The number of nitrogens with zero attached hydrogens (tertiary/aromatic N) is 3. The molecule has 29 heavy (non-hydrogen) atoms. The maximum Gasteiger partial charge on any atom is 0.352 e. The molecule has 2 aromatic heterocycles. The molecule has 0 saturated heterocycles. The summed E-state index contributed by atoms with van der Waals surface area (Å²) >= 11 is 6.43. The molecule has 1 aliphatic carbocycles. The molecule has 0 bridgehead atoms. The number of para-hydroxylation sites is 1. The van der Waals surface area contributed by atoms with E-state index in [0.29, 0.717) is 23.0 Å². The van der Waals surface area contributed by atoms with Crippen LogP contribution in [0.2, 0.25) is 5.02 Å². The molecule has 4 aromatic rings. The van der Waals surface area contributed by atoms with E-state index >= 15 is 0 Å². The molecule has 0 N–H and O–H groups in total. The number of benzene rings is 2. The molecular weight excluding hydrogens is 382 g/mol. The van der Waals surface area contributed by atoms with Crippen molar-refractivity contribution in [1.82, 2.24) is 14.5 Å². The fourth-order valence-corrected chi connectivity index (χ4v) is 4.06. The smallest absolute Gasteiger partial charge is 0.264 e. The van der Waals surface area contributed by atoms with Crippen LogP contribution < -0.4 is 5.69 Å². The van der Waals surface area contributed by atoms with Gasteiger partial charge in [0.25, 0.3) is 0 Å². The lowest BCUT2D eigenvalue weighted by Gasteiger charge is -2.15. The Hall–Kier alpha value is -2.98. The van der Waals surface area contributed by atoms with Crippen molar-refractivity contribution in [3.63, 3.8) is 0 Å². The number of halogens is 1. The molecule has 1 fully saturated rings. The zero-order valence-corrected chi connectivity index (χ0v) is 16.6. The number of pyridine rings is 1. The van der Waals surface area contributed by atoms with Crippen molar-refractivity contribution in [2.75, 3.05) is 0 Å². The highest BCUT2D eigenvalue weighted by molar-refractivity contribution is 6.32. The van der Waals surface area contributed by atoms with Crippen molar-refractivity contribution in [3.8, 4) is 5.69 Å². The van der Waals surface area contributed by atoms with Crippen LogP contribution >= 0.6 is 11.6 Å². The quantitative estimate of drug-likeness (QED) is 0.467. The van der Waals surface area contributed by atoms with E-state index in [4.69, 9.17) is 11.6 Å². The number of hydrogen-bond donors (Lipinski definition) is 0. The van der Waals surface area contributed by atoms with Crippen LogP contribution in [-0.4, -0.2) is 14.5 Å². The topological polar surface area (TPSA) is 47.8 Å². The highest BCUT2D eigenvalue weighted by Crippen LogP contribution is 2.41. The lowest BCUT2D eigenvalue weighted by Crippen LogP contribution is -2.24. The number of fused-ring (bicyclic) bond motifs is 1. The molecular formula is C24H20ClN3O. The second-order valence-electron chi connectivity index (χ2n) is 7.54. The Kier molecular flexibility index (Phi) is 4.64. The van der Waals surface area contributed by atoms with Crippen LogP contribution in [0.25, 0.3) is 16.6 Å². The zero-order chi connectivity index (χ0) is 19.8. The monoisotopic (exact) mass is 401 g/mol. The van der Waals surface area contributed by atoms with E-state index in [2.05, 4.69) is 28.2 Å². The van der Waals surface area contributed by atoms with E-state index in [0.717, 1.165) is 28.6 Å². The molecule has 5 rings (SSSR count). The Morgan fingerprint density at radius 2 is 1.90 bits per heavy atom. The lowest BCUT2D eigenvalue weighted by atomic mass is 10.0. The number of aromatic nitrogens is 3. The van der Waals surface area contributed by atoms with Crippen LogP contribution in [0.1, 0.15) is 35.6 Å². The van der Waals surface area contributed by atoms with Gasteiger partial charge in [-0.3, -0.25) is 9.55 Å². The summed E-state index contributed by atoms with van der Waals surface area (Å²) in [7, 11) is 0. The summed E-state index contributed by atoms with van der Waals surface area (Å²) in [5, 5.41) is 1.54. The summed E-state index contributed by atoms with van der Waals surface area (Å²) in [6, 6.07) is 17.8. The van der Waals surface area contributed by atoms with Crippen LogP contribution in [0.4, 0.5) is 0 Å². The van der Waals surface area contributed by atoms with Crippen molar-refractivity contribution < 1.29 is 0 Å². The molecule has 1 saturated carbocycles. The fourth-order valence-electron chi connectivity index (χ4n) is 3.84. The predicted octanol–water partition coefficient (Wildman–Crippen LogP) is 5.10. The SMILES string of the molecule is O=c1nc(CCc2cccnc2)c2ccc(C3CC3)cc2n1-c1ccccc1Cl. The van der Waals surface area contributed by atoms with Crippen molar-refractivity contribution in [2.45, 2.75) is 31.6 Å². The third-order valence-corrected chi connectivity index (χ3v) is 5.83. The molecule has 0 spiro atoms. The number of aryl methyl sites for hydroxylation is 2. The molecule has 0 amide bonds. The van der Waals surface area contributed by atoms with Gasteiger partial charge in [0.15, 0.2) is 0 Å². The van der Waals surface area contributed by atoms with Gasteiger partial charge < -0.3 is 0 Å². The first kappa shape index (κ1) is 18.1. The standard InChI is InChI=1S/C24H20ClN3O/c25-20-5-1-2-6-22(20)28-23-14-18(17-8-9-17)10-11-19(23)21(27-24(28)29)12-7-16-4-3-13-26-15-16/h1-6,10-11,13-15,17H,7-9,12H2. The van der Waals surface area contributed by atoms with Gasteiger partial charge in [0, 0.05) is 17.8 Å². The van der Waals surface area contributed by atoms with Crippen molar-refractivity contribution in [3.05, 3.63) is 99.3 Å². The van der Waals surface area contributed by atoms with Crippen LogP contribution in [0.3, 0.4) is 0 Å². The van der Waals surface area contributed by atoms with Gasteiger partial charge in [-0.2, -0.15) is 4.98 Å². The summed E-state index contributed by atoms with van der Waals surface area (Å²) in [6.45, 7) is 0. The predicted molar refractivity (Wildman–Crippen MR) is 116 cm³/mol. The highest BCUT2D eigenvalue weighted by Gasteiger charge is 2.24. The van der Waals surface area contributed by atoms with E-state index in [-0.39, 0.29) is 5.69 Å². The highest BCUT2D eigenvalue weighted by atomic mass is 35.5. The molecule has 0 unspecified atom stereocenters. The summed E-state index contributed by atoms with van der Waals surface area (Å²) < 4.78 is 1.65. The molecule has 0 atom stereocenters. The van der Waals surface area contributed by atoms with Crippen molar-refractivity contribution in [1.29, 1.82) is 0 Å². The summed E-state index contributed by atoms with van der Waals surface area (Å²) in [6.07, 6.45) is 7.51. The van der Waals surface area contributed by atoms with E-state index in [1.54, 1.807) is 16.8 Å². The summed E-state index contributed by atoms with van der Waals surface area (Å²) in [5.74, 6) is 0.598. The van der Waals surface area contributed by atoms with Gasteiger partial charge in [0.1, 0.15) is 0 Å². The van der Waals surface area contributed by atoms with Gasteiger partial charge in [-0.1, -0.05) is 41.9 Å².